The Kier molecular flexibility index (Phi) is 3.56. The van der Waals surface area contributed by atoms with Crippen molar-refractivity contribution in [2.45, 2.75) is 18.9 Å². The number of rotatable bonds is 3. The van der Waals surface area contributed by atoms with E-state index in [1.807, 2.05) is 6.07 Å². The molecule has 1 aromatic carbocycles. The van der Waals surface area contributed by atoms with Crippen LogP contribution in [0.3, 0.4) is 0 Å². The van der Waals surface area contributed by atoms with Crippen molar-refractivity contribution in [2.75, 3.05) is 6.61 Å². The SMILES string of the molecule is CCOC(=O)[C@H]1Oc2c(c(=O)oc3ccccc23)[C@@H]1c1cnn(C)c1. The van der Waals surface area contributed by atoms with Gasteiger partial charge in [0, 0.05) is 18.8 Å². The minimum atomic E-state index is -0.951. The van der Waals surface area contributed by atoms with Gasteiger partial charge in [-0.2, -0.15) is 5.10 Å². The van der Waals surface area contributed by atoms with Crippen molar-refractivity contribution in [1.29, 1.82) is 0 Å². The summed E-state index contributed by atoms with van der Waals surface area (Å²) < 4.78 is 18.1. The summed E-state index contributed by atoms with van der Waals surface area (Å²) in [5.74, 6) is -0.765. The summed E-state index contributed by atoms with van der Waals surface area (Å²) in [6.45, 7) is 1.95. The molecule has 7 nitrogen and oxygen atoms in total. The van der Waals surface area contributed by atoms with Gasteiger partial charge in [-0.05, 0) is 19.1 Å². The summed E-state index contributed by atoms with van der Waals surface area (Å²) >= 11 is 0. The second kappa shape index (κ2) is 5.77. The number of fused-ring (bicyclic) bond motifs is 3. The normalized spacial score (nSPS) is 18.8. The van der Waals surface area contributed by atoms with E-state index in [2.05, 4.69) is 5.10 Å². The fraction of sp³-hybridized carbons (Fsp3) is 0.278. The number of ether oxygens (including phenoxy) is 2. The average Bonchev–Trinajstić information content (AvgIpc) is 3.19. The van der Waals surface area contributed by atoms with Crippen LogP contribution in [-0.2, 0) is 16.6 Å². The highest BCUT2D eigenvalue weighted by molar-refractivity contribution is 5.88. The van der Waals surface area contributed by atoms with Gasteiger partial charge in [-0.25, -0.2) is 9.59 Å². The molecule has 0 spiro atoms. The lowest BCUT2D eigenvalue weighted by Crippen LogP contribution is -2.32. The van der Waals surface area contributed by atoms with E-state index in [9.17, 15) is 9.59 Å². The van der Waals surface area contributed by atoms with Crippen LogP contribution < -0.4 is 10.4 Å². The highest BCUT2D eigenvalue weighted by Gasteiger charge is 2.45. The third-order valence-corrected chi connectivity index (χ3v) is 4.26. The molecule has 4 rings (SSSR count). The molecule has 0 saturated carbocycles. The molecule has 25 heavy (non-hydrogen) atoms. The van der Waals surface area contributed by atoms with Gasteiger partial charge >= 0.3 is 11.6 Å². The fourth-order valence-corrected chi connectivity index (χ4v) is 3.23. The van der Waals surface area contributed by atoms with Crippen molar-refractivity contribution in [3.05, 3.63) is 58.2 Å². The zero-order chi connectivity index (χ0) is 17.6. The summed E-state index contributed by atoms with van der Waals surface area (Å²) in [6, 6.07) is 7.08. The van der Waals surface area contributed by atoms with Gasteiger partial charge in [-0.3, -0.25) is 4.68 Å². The molecule has 0 unspecified atom stereocenters. The third kappa shape index (κ3) is 2.39. The first kappa shape index (κ1) is 15.4. The molecule has 0 radical (unpaired) electrons. The number of esters is 1. The van der Waals surface area contributed by atoms with Crippen molar-refractivity contribution in [1.82, 2.24) is 9.78 Å². The van der Waals surface area contributed by atoms with Gasteiger partial charge in [0.15, 0.2) is 0 Å². The summed E-state index contributed by atoms with van der Waals surface area (Å²) in [7, 11) is 1.77. The van der Waals surface area contributed by atoms with Crippen molar-refractivity contribution >= 4 is 16.9 Å². The van der Waals surface area contributed by atoms with Gasteiger partial charge in [0.1, 0.15) is 11.3 Å². The van der Waals surface area contributed by atoms with Crippen molar-refractivity contribution < 1.29 is 18.7 Å². The first-order chi connectivity index (χ1) is 12.1. The molecular formula is C18H16N2O5. The highest BCUT2D eigenvalue weighted by atomic mass is 16.6. The Labute approximate surface area is 142 Å². The molecule has 7 heteroatoms. The molecule has 0 bridgehead atoms. The van der Waals surface area contributed by atoms with Crippen molar-refractivity contribution in [2.24, 2.45) is 7.05 Å². The molecule has 1 aliphatic rings. The second-order valence-corrected chi connectivity index (χ2v) is 5.84. The molecule has 3 heterocycles. The maximum absolute atomic E-state index is 12.6. The van der Waals surface area contributed by atoms with E-state index in [1.54, 1.807) is 49.2 Å². The summed E-state index contributed by atoms with van der Waals surface area (Å²) in [4.78, 5) is 25.1. The Balaban J connectivity index is 1.95. The highest BCUT2D eigenvalue weighted by Crippen LogP contribution is 2.44. The molecule has 0 amide bonds. The molecule has 0 aliphatic carbocycles. The zero-order valence-corrected chi connectivity index (χ0v) is 13.8. The molecule has 3 aromatic rings. The Morgan fingerprint density at radius 2 is 2.16 bits per heavy atom. The quantitative estimate of drug-likeness (QED) is 0.535. The first-order valence-corrected chi connectivity index (χ1v) is 7.97. The van der Waals surface area contributed by atoms with Crippen LogP contribution in [0.25, 0.3) is 11.0 Å². The van der Waals surface area contributed by atoms with Crippen LogP contribution in [0.5, 0.6) is 5.75 Å². The van der Waals surface area contributed by atoms with Crippen molar-refractivity contribution in [3.63, 3.8) is 0 Å². The predicted molar refractivity (Wildman–Crippen MR) is 88.6 cm³/mol. The number of benzene rings is 1. The second-order valence-electron chi connectivity index (χ2n) is 5.84. The predicted octanol–water partition coefficient (Wildman–Crippen LogP) is 1.98. The van der Waals surface area contributed by atoms with E-state index in [-0.39, 0.29) is 6.61 Å². The largest absolute Gasteiger partial charge is 0.476 e. The Morgan fingerprint density at radius 1 is 1.36 bits per heavy atom. The first-order valence-electron chi connectivity index (χ1n) is 7.97. The topological polar surface area (TPSA) is 83.6 Å². The van der Waals surface area contributed by atoms with Crippen LogP contribution in [0.1, 0.15) is 24.0 Å². The maximum Gasteiger partial charge on any atom is 0.348 e. The monoisotopic (exact) mass is 340 g/mol. The van der Waals surface area contributed by atoms with E-state index in [1.165, 1.54) is 0 Å². The van der Waals surface area contributed by atoms with Gasteiger partial charge in [0.25, 0.3) is 0 Å². The maximum atomic E-state index is 12.6. The number of aromatic nitrogens is 2. The number of aryl methyl sites for hydroxylation is 1. The lowest BCUT2D eigenvalue weighted by molar-refractivity contribution is -0.151. The van der Waals surface area contributed by atoms with E-state index < -0.39 is 23.6 Å². The third-order valence-electron chi connectivity index (χ3n) is 4.26. The molecule has 0 saturated heterocycles. The average molecular weight is 340 g/mol. The smallest absolute Gasteiger partial charge is 0.348 e. The minimum Gasteiger partial charge on any atom is -0.476 e. The van der Waals surface area contributed by atoms with Gasteiger partial charge in [-0.15, -0.1) is 0 Å². The van der Waals surface area contributed by atoms with E-state index in [0.717, 1.165) is 0 Å². The number of hydrogen-bond donors (Lipinski definition) is 0. The van der Waals surface area contributed by atoms with E-state index in [4.69, 9.17) is 13.9 Å². The van der Waals surface area contributed by atoms with E-state index in [0.29, 0.717) is 27.8 Å². The minimum absolute atomic E-state index is 0.226. The van der Waals surface area contributed by atoms with Crippen LogP contribution in [0.2, 0.25) is 0 Å². The number of hydrogen-bond acceptors (Lipinski definition) is 6. The van der Waals surface area contributed by atoms with Gasteiger partial charge < -0.3 is 13.9 Å². The molecule has 2 atom stereocenters. The van der Waals surface area contributed by atoms with Crippen LogP contribution in [-0.4, -0.2) is 28.5 Å². The molecular weight excluding hydrogens is 324 g/mol. The number of carbonyl (C=O) groups excluding carboxylic acids is 1. The van der Waals surface area contributed by atoms with E-state index >= 15 is 0 Å². The number of carbonyl (C=O) groups is 1. The molecule has 1 aliphatic heterocycles. The lowest BCUT2D eigenvalue weighted by atomic mass is 9.90. The zero-order valence-electron chi connectivity index (χ0n) is 13.8. The Morgan fingerprint density at radius 3 is 2.88 bits per heavy atom. The van der Waals surface area contributed by atoms with Crippen LogP contribution in [0.4, 0.5) is 0 Å². The summed E-state index contributed by atoms with van der Waals surface area (Å²) in [5.41, 5.74) is 0.918. The molecule has 2 aromatic heterocycles. The van der Waals surface area contributed by atoms with Crippen LogP contribution in [0.15, 0.2) is 45.9 Å². The van der Waals surface area contributed by atoms with Crippen LogP contribution >= 0.6 is 0 Å². The molecule has 0 fully saturated rings. The molecule has 128 valence electrons. The Bertz CT molecular complexity index is 1020. The summed E-state index contributed by atoms with van der Waals surface area (Å²) in [5, 5.41) is 4.79. The fourth-order valence-electron chi connectivity index (χ4n) is 3.23. The van der Waals surface area contributed by atoms with Crippen LogP contribution in [0, 0.1) is 0 Å². The van der Waals surface area contributed by atoms with Gasteiger partial charge in [0.05, 0.1) is 29.7 Å². The Hall–Kier alpha value is -3.09. The van der Waals surface area contributed by atoms with Gasteiger partial charge in [0.2, 0.25) is 6.10 Å². The standard InChI is InChI=1S/C18H16N2O5/c1-3-23-18(22)16-13(10-8-19-20(2)9-10)14-15(25-16)11-6-4-5-7-12(11)24-17(14)21/h4-9,13,16H,3H2,1-2H3/t13-,16-/m0/s1. The molecule has 0 N–H and O–H groups in total. The van der Waals surface area contributed by atoms with Crippen molar-refractivity contribution in [3.8, 4) is 5.75 Å². The summed E-state index contributed by atoms with van der Waals surface area (Å²) in [6.07, 6.45) is 2.42. The lowest BCUT2D eigenvalue weighted by Gasteiger charge is -2.15. The van der Waals surface area contributed by atoms with Gasteiger partial charge in [-0.1, -0.05) is 12.1 Å². The number of nitrogens with zero attached hydrogens (tertiary/aromatic N) is 2. The number of para-hydroxylation sites is 1.